The number of carboxylic acid groups (broad SMARTS) is 1. The Labute approximate surface area is 136 Å². The van der Waals surface area contributed by atoms with Gasteiger partial charge in [0.2, 0.25) is 0 Å². The molecule has 4 rings (SSSR count). The monoisotopic (exact) mass is 313 g/mol. The predicted molar refractivity (Wildman–Crippen MR) is 88.9 cm³/mol. The molecule has 23 heavy (non-hydrogen) atoms. The lowest BCUT2D eigenvalue weighted by molar-refractivity contribution is 0.0697. The largest absolute Gasteiger partial charge is 0.496 e. The Morgan fingerprint density at radius 1 is 1.26 bits per heavy atom. The van der Waals surface area contributed by atoms with Gasteiger partial charge in [0.1, 0.15) is 5.75 Å². The zero-order chi connectivity index (χ0) is 16.0. The number of hydrogen-bond donors (Lipinski definition) is 1. The molecule has 1 heterocycles. The Kier molecular flexibility index (Phi) is 3.63. The van der Waals surface area contributed by atoms with Gasteiger partial charge in [-0.05, 0) is 62.5 Å². The summed E-state index contributed by atoms with van der Waals surface area (Å²) in [5.74, 6) is 2.09. The molecule has 0 radical (unpaired) electrons. The van der Waals surface area contributed by atoms with Crippen molar-refractivity contribution >= 4 is 17.4 Å². The summed E-state index contributed by atoms with van der Waals surface area (Å²) in [6.45, 7) is 0. The van der Waals surface area contributed by atoms with E-state index in [2.05, 4.69) is 0 Å². The van der Waals surface area contributed by atoms with Crippen LogP contribution in [0.15, 0.2) is 17.1 Å². The Hall–Kier alpha value is -1.84. The van der Waals surface area contributed by atoms with Crippen molar-refractivity contribution in [1.82, 2.24) is 0 Å². The molecule has 2 aliphatic carbocycles. The van der Waals surface area contributed by atoms with E-state index in [1.807, 2.05) is 0 Å². The molecule has 1 aliphatic heterocycles. The van der Waals surface area contributed by atoms with Crippen molar-refractivity contribution in [3.05, 3.63) is 23.3 Å². The van der Waals surface area contributed by atoms with Crippen molar-refractivity contribution < 1.29 is 14.6 Å². The van der Waals surface area contributed by atoms with E-state index < -0.39 is 5.97 Å². The molecule has 122 valence electrons. The van der Waals surface area contributed by atoms with Crippen molar-refractivity contribution in [2.45, 2.75) is 44.9 Å². The summed E-state index contributed by atoms with van der Waals surface area (Å²) in [4.78, 5) is 16.6. The lowest BCUT2D eigenvalue weighted by Gasteiger charge is -2.23. The van der Waals surface area contributed by atoms with Crippen LogP contribution >= 0.6 is 0 Å². The first kappa shape index (κ1) is 14.7. The minimum atomic E-state index is -0.901. The minimum absolute atomic E-state index is 0.309. The summed E-state index contributed by atoms with van der Waals surface area (Å²) < 4.78 is 5.45. The van der Waals surface area contributed by atoms with Crippen LogP contribution in [0.25, 0.3) is 0 Å². The van der Waals surface area contributed by atoms with Crippen molar-refractivity contribution in [3.63, 3.8) is 0 Å². The molecule has 4 nitrogen and oxygen atoms in total. The van der Waals surface area contributed by atoms with E-state index in [0.717, 1.165) is 42.4 Å². The van der Waals surface area contributed by atoms with Gasteiger partial charge in [0.15, 0.2) is 0 Å². The van der Waals surface area contributed by atoms with Gasteiger partial charge in [-0.15, -0.1) is 0 Å². The lowest BCUT2D eigenvalue weighted by Crippen LogP contribution is -2.20. The maximum absolute atomic E-state index is 11.6. The number of aliphatic imine (C=N–C) groups is 1. The highest BCUT2D eigenvalue weighted by atomic mass is 16.5. The van der Waals surface area contributed by atoms with E-state index in [-0.39, 0.29) is 0 Å². The predicted octanol–water partition coefficient (Wildman–Crippen LogP) is 4.24. The molecule has 3 unspecified atom stereocenters. The van der Waals surface area contributed by atoms with Crippen molar-refractivity contribution in [2.24, 2.45) is 22.7 Å². The quantitative estimate of drug-likeness (QED) is 0.908. The maximum Gasteiger partial charge on any atom is 0.337 e. The highest BCUT2D eigenvalue weighted by molar-refractivity contribution is 5.98. The molecule has 4 heteroatoms. The smallest absolute Gasteiger partial charge is 0.337 e. The number of nitrogens with zero attached hydrogens (tertiary/aromatic N) is 1. The number of aromatic carboxylic acids is 1. The fraction of sp³-hybridized carbons (Fsp3) is 0.579. The van der Waals surface area contributed by atoms with Crippen LogP contribution < -0.4 is 4.74 Å². The molecule has 0 spiro atoms. The first-order valence-electron chi connectivity index (χ1n) is 8.68. The van der Waals surface area contributed by atoms with Gasteiger partial charge >= 0.3 is 5.97 Å². The summed E-state index contributed by atoms with van der Waals surface area (Å²) in [7, 11) is 1.64. The third kappa shape index (κ3) is 2.44. The summed E-state index contributed by atoms with van der Waals surface area (Å²) >= 11 is 0. The highest BCUT2D eigenvalue weighted by Gasteiger charge is 2.42. The SMILES string of the molecule is COc1ccc(C(=O)O)c2c1CCCC(C1CC3CCC1C3)=N2. The molecule has 3 aliphatic rings. The van der Waals surface area contributed by atoms with E-state index >= 15 is 0 Å². The molecule has 1 N–H and O–H groups in total. The fourth-order valence-electron chi connectivity index (χ4n) is 4.92. The topological polar surface area (TPSA) is 58.9 Å². The van der Waals surface area contributed by atoms with Crippen LogP contribution in [0.2, 0.25) is 0 Å². The average Bonchev–Trinajstić information content (AvgIpc) is 3.10. The Morgan fingerprint density at radius 2 is 2.13 bits per heavy atom. The van der Waals surface area contributed by atoms with Crippen LogP contribution in [-0.4, -0.2) is 23.9 Å². The molecule has 0 amide bonds. The van der Waals surface area contributed by atoms with Gasteiger partial charge in [-0.1, -0.05) is 6.42 Å². The molecule has 2 fully saturated rings. The number of carbonyl (C=O) groups is 1. The third-order valence-electron chi connectivity index (χ3n) is 5.97. The van der Waals surface area contributed by atoms with Gasteiger partial charge in [-0.3, -0.25) is 4.99 Å². The van der Waals surface area contributed by atoms with Crippen molar-refractivity contribution in [3.8, 4) is 5.75 Å². The van der Waals surface area contributed by atoms with Gasteiger partial charge in [0.05, 0.1) is 18.4 Å². The molecule has 3 atom stereocenters. The number of carboxylic acids is 1. The first-order chi connectivity index (χ1) is 11.2. The molecular formula is C19H23NO3. The normalized spacial score (nSPS) is 28.9. The van der Waals surface area contributed by atoms with Crippen molar-refractivity contribution in [2.75, 3.05) is 7.11 Å². The van der Waals surface area contributed by atoms with Crippen LogP contribution in [-0.2, 0) is 6.42 Å². The second-order valence-electron chi connectivity index (χ2n) is 7.19. The summed E-state index contributed by atoms with van der Waals surface area (Å²) in [6.07, 6.45) is 8.16. The molecule has 1 aromatic rings. The molecule has 2 bridgehead atoms. The number of rotatable bonds is 3. The number of fused-ring (bicyclic) bond motifs is 3. The second-order valence-corrected chi connectivity index (χ2v) is 7.19. The first-order valence-corrected chi connectivity index (χ1v) is 8.68. The lowest BCUT2D eigenvalue weighted by atomic mass is 9.83. The van der Waals surface area contributed by atoms with Crippen LogP contribution in [0.5, 0.6) is 5.75 Å². The summed E-state index contributed by atoms with van der Waals surface area (Å²) in [5.41, 5.74) is 3.16. The average molecular weight is 313 g/mol. The molecule has 0 aromatic heterocycles. The number of ether oxygens (including phenoxy) is 1. The van der Waals surface area contributed by atoms with E-state index in [4.69, 9.17) is 9.73 Å². The van der Waals surface area contributed by atoms with Crippen LogP contribution in [0.3, 0.4) is 0 Å². The van der Waals surface area contributed by atoms with Crippen molar-refractivity contribution in [1.29, 1.82) is 0 Å². The van der Waals surface area contributed by atoms with E-state index in [1.54, 1.807) is 19.2 Å². The number of hydrogen-bond acceptors (Lipinski definition) is 3. The van der Waals surface area contributed by atoms with Gasteiger partial charge in [0.25, 0.3) is 0 Å². The van der Waals surface area contributed by atoms with Crippen LogP contribution in [0, 0.1) is 17.8 Å². The van der Waals surface area contributed by atoms with Gasteiger partial charge < -0.3 is 9.84 Å². The zero-order valence-corrected chi connectivity index (χ0v) is 13.5. The Balaban J connectivity index is 1.79. The minimum Gasteiger partial charge on any atom is -0.496 e. The maximum atomic E-state index is 11.6. The van der Waals surface area contributed by atoms with Gasteiger partial charge in [-0.25, -0.2) is 4.79 Å². The van der Waals surface area contributed by atoms with E-state index in [1.165, 1.54) is 31.4 Å². The highest BCUT2D eigenvalue weighted by Crippen LogP contribution is 2.50. The Bertz CT molecular complexity index is 679. The number of benzene rings is 1. The van der Waals surface area contributed by atoms with Crippen LogP contribution in [0.4, 0.5) is 5.69 Å². The van der Waals surface area contributed by atoms with Gasteiger partial charge in [0, 0.05) is 17.2 Å². The standard InChI is InChI=1S/C19H23NO3/c1-23-17-8-7-14(19(21)22)18-13(17)3-2-4-16(20-18)15-10-11-5-6-12(15)9-11/h7-8,11-12,15H,2-6,9-10H2,1H3,(H,21,22). The second kappa shape index (κ2) is 5.66. The van der Waals surface area contributed by atoms with Crippen LogP contribution in [0.1, 0.15) is 54.4 Å². The van der Waals surface area contributed by atoms with E-state index in [9.17, 15) is 9.90 Å². The summed E-state index contributed by atoms with van der Waals surface area (Å²) in [5, 5.41) is 9.54. The molecule has 2 saturated carbocycles. The number of methoxy groups -OCH3 is 1. The summed E-state index contributed by atoms with van der Waals surface area (Å²) in [6, 6.07) is 3.40. The molecule has 1 aromatic carbocycles. The fourth-order valence-corrected chi connectivity index (χ4v) is 4.92. The zero-order valence-electron chi connectivity index (χ0n) is 13.5. The molecular weight excluding hydrogens is 290 g/mol. The third-order valence-corrected chi connectivity index (χ3v) is 5.97. The van der Waals surface area contributed by atoms with Gasteiger partial charge in [-0.2, -0.15) is 0 Å². The Morgan fingerprint density at radius 3 is 2.78 bits per heavy atom. The molecule has 0 saturated heterocycles. The van der Waals surface area contributed by atoms with E-state index in [0.29, 0.717) is 17.2 Å².